The molecule has 8 heteroatoms. The summed E-state index contributed by atoms with van der Waals surface area (Å²) in [5.74, 6) is 0. The summed E-state index contributed by atoms with van der Waals surface area (Å²) in [6, 6.07) is 0. The molecule has 0 bridgehead atoms. The predicted octanol–water partition coefficient (Wildman–Crippen LogP) is -3.05. The molecule has 8 heavy (non-hydrogen) atoms. The molecule has 0 unspecified atom stereocenters. The summed E-state index contributed by atoms with van der Waals surface area (Å²) in [7, 11) is 0. The van der Waals surface area contributed by atoms with Gasteiger partial charge in [-0.3, -0.25) is 0 Å². The molecule has 0 aromatic carbocycles. The van der Waals surface area contributed by atoms with Crippen LogP contribution in [0.15, 0.2) is 0 Å². The molecular formula is Ge8. The van der Waals surface area contributed by atoms with Crippen LogP contribution in [-0.2, 0) is 0 Å². The molecule has 0 amide bonds. The van der Waals surface area contributed by atoms with Crippen LogP contribution in [0.3, 0.4) is 0 Å². The molecule has 0 nitrogen and oxygen atoms in total. The van der Waals surface area contributed by atoms with Gasteiger partial charge < -0.3 is 0 Å². The van der Waals surface area contributed by atoms with Gasteiger partial charge in [-0.1, -0.05) is 0 Å². The molecule has 32 radical (unpaired) electrons. The van der Waals surface area contributed by atoms with E-state index in [9.17, 15) is 0 Å². The van der Waals surface area contributed by atoms with Gasteiger partial charge in [0.05, 0.1) is 0 Å². The summed E-state index contributed by atoms with van der Waals surface area (Å²) in [6.45, 7) is 0. The summed E-state index contributed by atoms with van der Waals surface area (Å²) in [6.07, 6.45) is 0. The van der Waals surface area contributed by atoms with Gasteiger partial charge in [-0.2, -0.15) is 0 Å². The maximum atomic E-state index is 0. The summed E-state index contributed by atoms with van der Waals surface area (Å²) >= 11 is 0. The minimum absolute atomic E-state index is 0. The van der Waals surface area contributed by atoms with Crippen LogP contribution >= 0.6 is 0 Å². The second-order valence-corrected chi connectivity index (χ2v) is 0. The van der Waals surface area contributed by atoms with Gasteiger partial charge in [-0.25, -0.2) is 0 Å². The van der Waals surface area contributed by atoms with E-state index in [-0.39, 0.29) is 141 Å². The quantitative estimate of drug-likeness (QED) is 0.268. The van der Waals surface area contributed by atoms with Gasteiger partial charge >= 0.3 is 0 Å². The van der Waals surface area contributed by atoms with Gasteiger partial charge in [0.2, 0.25) is 0 Å². The van der Waals surface area contributed by atoms with Gasteiger partial charge in [0.1, 0.15) is 0 Å². The van der Waals surface area contributed by atoms with Crippen molar-refractivity contribution in [1.29, 1.82) is 0 Å². The Balaban J connectivity index is 0. The molecule has 32 valence electrons. The largest absolute Gasteiger partial charge is 0 e. The van der Waals surface area contributed by atoms with Crippen LogP contribution in [-0.4, -0.2) is 141 Å². The van der Waals surface area contributed by atoms with Crippen LogP contribution in [0, 0.1) is 0 Å². The van der Waals surface area contributed by atoms with Crippen molar-refractivity contribution in [3.05, 3.63) is 0 Å². The van der Waals surface area contributed by atoms with Crippen LogP contribution in [0.2, 0.25) is 0 Å². The Morgan fingerprint density at radius 2 is 0.125 bits per heavy atom. The predicted molar refractivity (Wildman–Crippen MR) is 46.0 cm³/mol. The van der Waals surface area contributed by atoms with Crippen molar-refractivity contribution in [2.75, 3.05) is 0 Å². The van der Waals surface area contributed by atoms with Crippen LogP contribution in [0.1, 0.15) is 0 Å². The molecule has 0 atom stereocenters. The van der Waals surface area contributed by atoms with E-state index >= 15 is 0 Å². The van der Waals surface area contributed by atoms with Crippen LogP contribution < -0.4 is 0 Å². The molecule has 0 heterocycles. The third-order valence-corrected chi connectivity index (χ3v) is 0. The van der Waals surface area contributed by atoms with Crippen LogP contribution in [0.25, 0.3) is 0 Å². The fourth-order valence-corrected chi connectivity index (χ4v) is 0. The Labute approximate surface area is 138 Å². The summed E-state index contributed by atoms with van der Waals surface area (Å²) in [5, 5.41) is 0. The third-order valence-electron chi connectivity index (χ3n) is 0. The zero-order valence-corrected chi connectivity index (χ0v) is 20.8. The SMILES string of the molecule is [Ge].[Ge].[Ge].[Ge].[Ge].[Ge].[Ge].[Ge]. The fraction of sp³-hybridized carbons (Fsp3) is 0. The number of hydrogen-bond donors (Lipinski definition) is 0. The Morgan fingerprint density at radius 1 is 0.125 bits per heavy atom. The second-order valence-electron chi connectivity index (χ2n) is 0. The molecule has 0 saturated heterocycles. The monoisotopic (exact) mass is 591 g/mol. The Bertz CT molecular complexity index is 0. The molecule has 0 aliphatic heterocycles. The second kappa shape index (κ2) is 64.3. The van der Waals surface area contributed by atoms with E-state index < -0.39 is 0 Å². The average Bonchev–Trinajstić information content (AvgIpc) is 0. The molecule has 0 aliphatic rings. The van der Waals surface area contributed by atoms with Crippen molar-refractivity contribution in [2.45, 2.75) is 0 Å². The standard InChI is InChI=1S/8Ge. The van der Waals surface area contributed by atoms with Gasteiger partial charge in [0.25, 0.3) is 0 Å². The van der Waals surface area contributed by atoms with Crippen molar-refractivity contribution >= 4 is 141 Å². The first-order chi connectivity index (χ1) is 0. The molecule has 0 spiro atoms. The van der Waals surface area contributed by atoms with Crippen molar-refractivity contribution < 1.29 is 0 Å². The maximum absolute atomic E-state index is 0. The summed E-state index contributed by atoms with van der Waals surface area (Å²) in [5.41, 5.74) is 0. The fourth-order valence-electron chi connectivity index (χ4n) is 0. The molecule has 0 N–H and O–H groups in total. The summed E-state index contributed by atoms with van der Waals surface area (Å²) in [4.78, 5) is 0. The molecule has 0 aromatic rings. The van der Waals surface area contributed by atoms with E-state index in [0.717, 1.165) is 0 Å². The van der Waals surface area contributed by atoms with Crippen LogP contribution in [0.5, 0.6) is 0 Å². The first-order valence-electron chi connectivity index (χ1n) is 0. The Morgan fingerprint density at radius 3 is 0.125 bits per heavy atom. The van der Waals surface area contributed by atoms with E-state index in [1.54, 1.807) is 0 Å². The van der Waals surface area contributed by atoms with Gasteiger partial charge in [0, 0.05) is 141 Å². The van der Waals surface area contributed by atoms with E-state index in [0.29, 0.717) is 0 Å². The van der Waals surface area contributed by atoms with Gasteiger partial charge in [-0.05, 0) is 0 Å². The molecule has 0 fully saturated rings. The smallest absolute Gasteiger partial charge is 0 e. The maximum Gasteiger partial charge on any atom is 0 e. The van der Waals surface area contributed by atoms with Crippen LogP contribution in [0.4, 0.5) is 0 Å². The Hall–Kier alpha value is 4.34. The van der Waals surface area contributed by atoms with Gasteiger partial charge in [-0.15, -0.1) is 0 Å². The topological polar surface area (TPSA) is 0 Å². The normalized spacial score (nSPS) is 0. The van der Waals surface area contributed by atoms with E-state index in [1.807, 2.05) is 0 Å². The molecular weight excluding hydrogens is 581 g/mol. The van der Waals surface area contributed by atoms with E-state index in [2.05, 4.69) is 0 Å². The van der Waals surface area contributed by atoms with Crippen molar-refractivity contribution in [3.63, 3.8) is 0 Å². The number of hydrogen-bond acceptors (Lipinski definition) is 0. The minimum Gasteiger partial charge on any atom is 0 e. The van der Waals surface area contributed by atoms with Gasteiger partial charge in [0.15, 0.2) is 0 Å². The zero-order chi connectivity index (χ0) is 0. The van der Waals surface area contributed by atoms with Crippen molar-refractivity contribution in [1.82, 2.24) is 0 Å². The van der Waals surface area contributed by atoms with E-state index in [4.69, 9.17) is 0 Å². The molecule has 0 rings (SSSR count). The third kappa shape index (κ3) is 47.9. The first kappa shape index (κ1) is 84.2. The summed E-state index contributed by atoms with van der Waals surface area (Å²) < 4.78 is 0. The van der Waals surface area contributed by atoms with E-state index in [1.165, 1.54) is 0 Å². The first-order valence-corrected chi connectivity index (χ1v) is 0. The van der Waals surface area contributed by atoms with Crippen molar-refractivity contribution in [2.24, 2.45) is 0 Å². The minimum atomic E-state index is 0. The molecule has 0 saturated carbocycles. The average molecular weight is 581 g/mol. The number of rotatable bonds is 0. The molecule has 0 aliphatic carbocycles. The zero-order valence-electron chi connectivity index (χ0n) is 4.00. The molecule has 0 aromatic heterocycles. The Kier molecular flexibility index (Phi) is 677. The van der Waals surface area contributed by atoms with Crippen molar-refractivity contribution in [3.8, 4) is 0 Å².